The number of alkyl halides is 2. The van der Waals surface area contributed by atoms with Crippen molar-refractivity contribution >= 4 is 23.7 Å². The number of nitrogen functional groups attached to an aromatic ring is 1. The fraction of sp³-hybridized carbons (Fsp3) is 0.700. The molecule has 0 unspecified atom stereocenters. The van der Waals surface area contributed by atoms with Gasteiger partial charge in [0.25, 0.3) is 5.76 Å². The molecule has 8 heteroatoms. The van der Waals surface area contributed by atoms with E-state index in [2.05, 4.69) is 15.0 Å². The number of thioether (sulfide) groups is 1. The summed E-state index contributed by atoms with van der Waals surface area (Å²) >= 11 is 0.263. The Hall–Kier alpha value is -1.18. The first kappa shape index (κ1) is 14.9. The van der Waals surface area contributed by atoms with Crippen LogP contribution in [0.4, 0.5) is 20.7 Å². The van der Waals surface area contributed by atoms with Crippen LogP contribution in [0.1, 0.15) is 27.7 Å². The number of rotatable bonds is 4. The molecule has 2 N–H and O–H groups in total. The van der Waals surface area contributed by atoms with Crippen molar-refractivity contribution < 1.29 is 8.78 Å². The highest BCUT2D eigenvalue weighted by Gasteiger charge is 2.24. The van der Waals surface area contributed by atoms with E-state index >= 15 is 0 Å². The molecule has 0 fully saturated rings. The molecular formula is C10H17F2N5S. The Morgan fingerprint density at radius 2 is 1.89 bits per heavy atom. The average molecular weight is 277 g/mol. The minimum Gasteiger partial charge on any atom is -0.368 e. The minimum atomic E-state index is -2.58. The van der Waals surface area contributed by atoms with Gasteiger partial charge in [-0.2, -0.15) is 23.7 Å². The molecule has 0 saturated heterocycles. The van der Waals surface area contributed by atoms with Crippen LogP contribution < -0.4 is 10.6 Å². The van der Waals surface area contributed by atoms with E-state index < -0.39 is 5.76 Å². The molecule has 18 heavy (non-hydrogen) atoms. The van der Waals surface area contributed by atoms with Crippen molar-refractivity contribution in [1.82, 2.24) is 15.0 Å². The van der Waals surface area contributed by atoms with Crippen LogP contribution in [0.3, 0.4) is 0 Å². The third-order valence-corrected chi connectivity index (χ3v) is 2.75. The van der Waals surface area contributed by atoms with Crippen molar-refractivity contribution in [3.63, 3.8) is 0 Å². The van der Waals surface area contributed by atoms with Gasteiger partial charge in [0.1, 0.15) is 0 Å². The molecule has 0 atom stereocenters. The summed E-state index contributed by atoms with van der Waals surface area (Å²) in [6, 6.07) is 0. The molecule has 1 aromatic rings. The van der Waals surface area contributed by atoms with Gasteiger partial charge in [-0.25, -0.2) is 0 Å². The summed E-state index contributed by atoms with van der Waals surface area (Å²) in [5.74, 6) is -2.31. The number of nitrogens with two attached hydrogens (primary N) is 1. The SMILES string of the molecule is CCN(c1nc(N)nc(SC(F)F)n1)C(C)(C)C. The number of aromatic nitrogens is 3. The molecule has 0 radical (unpaired) electrons. The fourth-order valence-corrected chi connectivity index (χ4v) is 1.97. The molecule has 0 amide bonds. The number of nitrogens with zero attached hydrogens (tertiary/aromatic N) is 4. The van der Waals surface area contributed by atoms with E-state index in [1.54, 1.807) is 0 Å². The number of halogens is 2. The molecule has 0 aliphatic carbocycles. The first-order chi connectivity index (χ1) is 8.24. The predicted octanol–water partition coefficient (Wildman–Crippen LogP) is 2.39. The molecular weight excluding hydrogens is 260 g/mol. The second kappa shape index (κ2) is 5.64. The summed E-state index contributed by atoms with van der Waals surface area (Å²) in [5.41, 5.74) is 5.30. The molecule has 0 aliphatic heterocycles. The monoisotopic (exact) mass is 277 g/mol. The Bertz CT molecular complexity index is 408. The van der Waals surface area contributed by atoms with Gasteiger partial charge < -0.3 is 10.6 Å². The Kier molecular flexibility index (Phi) is 4.66. The molecule has 102 valence electrons. The van der Waals surface area contributed by atoms with Crippen molar-refractivity contribution in [2.45, 2.75) is 44.1 Å². The van der Waals surface area contributed by atoms with Crippen LogP contribution in [0.15, 0.2) is 5.16 Å². The van der Waals surface area contributed by atoms with Crippen LogP contribution in [-0.2, 0) is 0 Å². The standard InChI is InChI=1S/C10H17F2N5S/c1-5-17(10(2,3)4)8-14-7(13)15-9(16-8)18-6(11)12/h6H,5H2,1-4H3,(H2,13,14,15,16). The van der Waals surface area contributed by atoms with E-state index in [9.17, 15) is 8.78 Å². The van der Waals surface area contributed by atoms with Gasteiger partial charge in [0.05, 0.1) is 0 Å². The summed E-state index contributed by atoms with van der Waals surface area (Å²) in [6.07, 6.45) is 0. The van der Waals surface area contributed by atoms with Crippen molar-refractivity contribution in [3.8, 4) is 0 Å². The predicted molar refractivity (Wildman–Crippen MR) is 68.9 cm³/mol. The highest BCUT2D eigenvalue weighted by atomic mass is 32.2. The molecule has 1 heterocycles. The molecule has 0 aliphatic rings. The highest BCUT2D eigenvalue weighted by molar-refractivity contribution is 7.99. The van der Waals surface area contributed by atoms with Crippen LogP contribution in [0.5, 0.6) is 0 Å². The lowest BCUT2D eigenvalue weighted by Crippen LogP contribution is -2.42. The lowest BCUT2D eigenvalue weighted by Gasteiger charge is -2.34. The van der Waals surface area contributed by atoms with Crippen LogP contribution in [0, 0.1) is 0 Å². The lowest BCUT2D eigenvalue weighted by molar-refractivity contribution is 0.251. The van der Waals surface area contributed by atoms with Gasteiger partial charge in [-0.05, 0) is 39.5 Å². The van der Waals surface area contributed by atoms with Crippen molar-refractivity contribution in [1.29, 1.82) is 0 Å². The maximum Gasteiger partial charge on any atom is 0.291 e. The Morgan fingerprint density at radius 3 is 2.33 bits per heavy atom. The number of hydrogen-bond acceptors (Lipinski definition) is 6. The van der Waals surface area contributed by atoms with Crippen LogP contribution in [0.2, 0.25) is 0 Å². The quantitative estimate of drug-likeness (QED) is 0.852. The molecule has 0 spiro atoms. The molecule has 5 nitrogen and oxygen atoms in total. The van der Waals surface area contributed by atoms with Crippen molar-refractivity contribution in [3.05, 3.63) is 0 Å². The molecule has 1 aromatic heterocycles. The van der Waals surface area contributed by atoms with E-state index in [1.807, 2.05) is 32.6 Å². The fourth-order valence-electron chi connectivity index (χ4n) is 1.53. The van der Waals surface area contributed by atoms with E-state index in [0.717, 1.165) is 0 Å². The van der Waals surface area contributed by atoms with Gasteiger partial charge in [0.15, 0.2) is 5.16 Å². The molecule has 0 bridgehead atoms. The summed E-state index contributed by atoms with van der Waals surface area (Å²) < 4.78 is 24.6. The van der Waals surface area contributed by atoms with Crippen LogP contribution >= 0.6 is 11.8 Å². The zero-order chi connectivity index (χ0) is 13.9. The molecule has 0 aromatic carbocycles. The summed E-state index contributed by atoms with van der Waals surface area (Å²) in [7, 11) is 0. The average Bonchev–Trinajstić information content (AvgIpc) is 2.13. The maximum absolute atomic E-state index is 12.3. The van der Waals surface area contributed by atoms with E-state index in [1.165, 1.54) is 0 Å². The van der Waals surface area contributed by atoms with Crippen LogP contribution in [0.25, 0.3) is 0 Å². The third kappa shape index (κ3) is 3.94. The zero-order valence-corrected chi connectivity index (χ0v) is 11.6. The lowest BCUT2D eigenvalue weighted by atomic mass is 10.1. The first-order valence-corrected chi connectivity index (χ1v) is 6.36. The Morgan fingerprint density at radius 1 is 1.28 bits per heavy atom. The van der Waals surface area contributed by atoms with Gasteiger partial charge in [-0.15, -0.1) is 0 Å². The molecule has 1 rings (SSSR count). The topological polar surface area (TPSA) is 67.9 Å². The van der Waals surface area contributed by atoms with E-state index in [0.29, 0.717) is 12.5 Å². The number of hydrogen-bond donors (Lipinski definition) is 1. The molecule has 0 saturated carbocycles. The number of anilines is 2. The highest BCUT2D eigenvalue weighted by Crippen LogP contribution is 2.26. The largest absolute Gasteiger partial charge is 0.368 e. The Balaban J connectivity index is 3.11. The second-order valence-electron chi connectivity index (χ2n) is 4.57. The second-order valence-corrected chi connectivity index (χ2v) is 5.53. The smallest absolute Gasteiger partial charge is 0.291 e. The Labute approximate surface area is 109 Å². The van der Waals surface area contributed by atoms with Crippen molar-refractivity contribution in [2.24, 2.45) is 0 Å². The van der Waals surface area contributed by atoms with Gasteiger partial charge in [-0.1, -0.05) is 0 Å². The van der Waals surface area contributed by atoms with E-state index in [4.69, 9.17) is 5.73 Å². The van der Waals surface area contributed by atoms with Gasteiger partial charge >= 0.3 is 0 Å². The zero-order valence-electron chi connectivity index (χ0n) is 10.8. The summed E-state index contributed by atoms with van der Waals surface area (Å²) in [5, 5.41) is -0.0600. The van der Waals surface area contributed by atoms with E-state index in [-0.39, 0.29) is 28.4 Å². The van der Waals surface area contributed by atoms with Gasteiger partial charge in [0.2, 0.25) is 11.9 Å². The first-order valence-electron chi connectivity index (χ1n) is 5.48. The maximum atomic E-state index is 12.3. The van der Waals surface area contributed by atoms with Gasteiger partial charge in [0, 0.05) is 12.1 Å². The summed E-state index contributed by atoms with van der Waals surface area (Å²) in [6.45, 7) is 8.53. The summed E-state index contributed by atoms with van der Waals surface area (Å²) in [4.78, 5) is 13.6. The minimum absolute atomic E-state index is 0.0501. The van der Waals surface area contributed by atoms with Gasteiger partial charge in [-0.3, -0.25) is 0 Å². The third-order valence-electron chi connectivity index (χ3n) is 2.18. The normalized spacial score (nSPS) is 11.9. The van der Waals surface area contributed by atoms with Crippen LogP contribution in [-0.4, -0.2) is 32.8 Å². The van der Waals surface area contributed by atoms with Crippen molar-refractivity contribution in [2.75, 3.05) is 17.2 Å².